The molecule has 1 heterocycles. The SMILES string of the molecule is Nc1c(Cl)c(Cl)nc(C(=O)N/N=C\c2c(F)c(F)c(F)c(F)c2F)c1Cl. The van der Waals surface area contributed by atoms with Crippen LogP contribution < -0.4 is 11.2 Å². The fourth-order valence-electron chi connectivity index (χ4n) is 1.63. The number of nitrogens with zero attached hydrogens (tertiary/aromatic N) is 2. The number of carbonyl (C=O) groups excluding carboxylic acids is 1. The topological polar surface area (TPSA) is 80.4 Å². The molecule has 0 bridgehead atoms. The maximum atomic E-state index is 13.5. The van der Waals surface area contributed by atoms with Gasteiger partial charge in [-0.15, -0.1) is 0 Å². The van der Waals surface area contributed by atoms with Crippen molar-refractivity contribution in [2.45, 2.75) is 0 Å². The van der Waals surface area contributed by atoms with E-state index in [1.165, 1.54) is 0 Å². The first kappa shape index (κ1) is 20.1. The van der Waals surface area contributed by atoms with Gasteiger partial charge in [-0.1, -0.05) is 34.8 Å². The van der Waals surface area contributed by atoms with Gasteiger partial charge in [0.2, 0.25) is 5.82 Å². The molecular formula is C13H4Cl3F5N4O. The minimum absolute atomic E-state index is 0.210. The van der Waals surface area contributed by atoms with Gasteiger partial charge in [-0.2, -0.15) is 5.10 Å². The first-order valence-electron chi connectivity index (χ1n) is 6.22. The molecule has 0 saturated heterocycles. The summed E-state index contributed by atoms with van der Waals surface area (Å²) in [6, 6.07) is 0. The zero-order valence-corrected chi connectivity index (χ0v) is 14.2. The van der Waals surface area contributed by atoms with Gasteiger partial charge in [-0.05, 0) is 0 Å². The van der Waals surface area contributed by atoms with Crippen LogP contribution in [0.25, 0.3) is 0 Å². The Labute approximate surface area is 156 Å². The van der Waals surface area contributed by atoms with Crippen LogP contribution in [0.4, 0.5) is 27.6 Å². The predicted molar refractivity (Wildman–Crippen MR) is 85.0 cm³/mol. The van der Waals surface area contributed by atoms with Crippen LogP contribution in [0.3, 0.4) is 0 Å². The van der Waals surface area contributed by atoms with Crippen molar-refractivity contribution in [1.82, 2.24) is 10.4 Å². The third kappa shape index (κ3) is 3.53. The highest BCUT2D eigenvalue weighted by molar-refractivity contribution is 6.46. The minimum atomic E-state index is -2.33. The Balaban J connectivity index is 2.32. The molecule has 1 aromatic carbocycles. The number of hydrogen-bond donors (Lipinski definition) is 2. The van der Waals surface area contributed by atoms with Crippen LogP contribution in [0.5, 0.6) is 0 Å². The molecule has 0 radical (unpaired) electrons. The molecule has 2 rings (SSSR count). The summed E-state index contributed by atoms with van der Waals surface area (Å²) in [5.74, 6) is -12.1. The Morgan fingerprint density at radius 2 is 1.46 bits per heavy atom. The van der Waals surface area contributed by atoms with E-state index in [9.17, 15) is 26.7 Å². The van der Waals surface area contributed by atoms with Gasteiger partial charge in [0.15, 0.2) is 34.1 Å². The number of halogens is 8. The molecule has 0 unspecified atom stereocenters. The number of rotatable bonds is 3. The van der Waals surface area contributed by atoms with Crippen LogP contribution in [-0.4, -0.2) is 17.1 Å². The number of amides is 1. The van der Waals surface area contributed by atoms with Crippen molar-refractivity contribution < 1.29 is 26.7 Å². The molecule has 5 nitrogen and oxygen atoms in total. The second kappa shape index (κ2) is 7.60. The van der Waals surface area contributed by atoms with Gasteiger partial charge < -0.3 is 5.73 Å². The molecule has 0 aliphatic rings. The van der Waals surface area contributed by atoms with E-state index in [0.717, 1.165) is 0 Å². The van der Waals surface area contributed by atoms with E-state index in [-0.39, 0.29) is 27.1 Å². The van der Waals surface area contributed by atoms with Crippen molar-refractivity contribution in [3.8, 4) is 0 Å². The highest BCUT2D eigenvalue weighted by atomic mass is 35.5. The normalized spacial score (nSPS) is 11.2. The van der Waals surface area contributed by atoms with E-state index in [2.05, 4.69) is 10.1 Å². The second-order valence-electron chi connectivity index (χ2n) is 4.48. The number of nitrogens with one attached hydrogen (secondary N) is 1. The molecule has 0 aliphatic heterocycles. The molecule has 1 amide bonds. The van der Waals surface area contributed by atoms with E-state index in [1.807, 2.05) is 0 Å². The van der Waals surface area contributed by atoms with Gasteiger partial charge in [0.1, 0.15) is 5.02 Å². The van der Waals surface area contributed by atoms with Gasteiger partial charge >= 0.3 is 0 Å². The summed E-state index contributed by atoms with van der Waals surface area (Å²) < 4.78 is 65.9. The van der Waals surface area contributed by atoms with Crippen molar-refractivity contribution in [3.05, 3.63) is 55.5 Å². The van der Waals surface area contributed by atoms with Crippen LogP contribution in [-0.2, 0) is 0 Å². The largest absolute Gasteiger partial charge is 0.396 e. The van der Waals surface area contributed by atoms with Crippen molar-refractivity contribution in [2.24, 2.45) is 5.10 Å². The Bertz CT molecular complexity index is 925. The van der Waals surface area contributed by atoms with Crippen LogP contribution in [0.1, 0.15) is 16.1 Å². The molecule has 0 spiro atoms. The molecule has 3 N–H and O–H groups in total. The predicted octanol–water partition coefficient (Wildman–Crippen LogP) is 4.08. The zero-order valence-electron chi connectivity index (χ0n) is 12.0. The highest BCUT2D eigenvalue weighted by Crippen LogP contribution is 2.34. The Morgan fingerprint density at radius 1 is 0.962 bits per heavy atom. The van der Waals surface area contributed by atoms with E-state index < -0.39 is 46.3 Å². The fourth-order valence-corrected chi connectivity index (χ4v) is 2.22. The lowest BCUT2D eigenvalue weighted by atomic mass is 10.2. The Hall–Kier alpha value is -2.17. The number of hydrogen-bond acceptors (Lipinski definition) is 4. The van der Waals surface area contributed by atoms with Crippen LogP contribution in [0, 0.1) is 29.1 Å². The number of anilines is 1. The van der Waals surface area contributed by atoms with Crippen molar-refractivity contribution >= 4 is 52.6 Å². The monoisotopic (exact) mass is 432 g/mol. The van der Waals surface area contributed by atoms with E-state index in [1.54, 1.807) is 5.43 Å². The summed E-state index contributed by atoms with van der Waals surface area (Å²) in [7, 11) is 0. The van der Waals surface area contributed by atoms with Crippen LogP contribution in [0.15, 0.2) is 5.10 Å². The fraction of sp³-hybridized carbons (Fsp3) is 0. The van der Waals surface area contributed by atoms with Crippen molar-refractivity contribution in [2.75, 3.05) is 5.73 Å². The van der Waals surface area contributed by atoms with Crippen molar-refractivity contribution in [3.63, 3.8) is 0 Å². The average Bonchev–Trinajstić information content (AvgIpc) is 2.62. The quantitative estimate of drug-likeness (QED) is 0.191. The number of aromatic nitrogens is 1. The molecule has 138 valence electrons. The third-order valence-electron chi connectivity index (χ3n) is 2.89. The summed E-state index contributed by atoms with van der Waals surface area (Å²) in [4.78, 5) is 15.5. The molecule has 0 aliphatic carbocycles. The third-order valence-corrected chi connectivity index (χ3v) is 4.03. The lowest BCUT2D eigenvalue weighted by Gasteiger charge is -2.08. The average molecular weight is 434 g/mol. The maximum absolute atomic E-state index is 13.5. The number of pyridine rings is 1. The van der Waals surface area contributed by atoms with Gasteiger partial charge in [-0.25, -0.2) is 32.4 Å². The Kier molecular flexibility index (Phi) is 5.89. The van der Waals surface area contributed by atoms with E-state index >= 15 is 0 Å². The highest BCUT2D eigenvalue weighted by Gasteiger charge is 2.25. The van der Waals surface area contributed by atoms with Gasteiger partial charge in [0.05, 0.1) is 22.5 Å². The van der Waals surface area contributed by atoms with E-state index in [4.69, 9.17) is 40.5 Å². The summed E-state index contributed by atoms with van der Waals surface area (Å²) in [5.41, 5.74) is 5.07. The van der Waals surface area contributed by atoms with Gasteiger partial charge in [0.25, 0.3) is 5.91 Å². The number of nitrogens with two attached hydrogens (primary N) is 1. The number of carbonyl (C=O) groups is 1. The first-order chi connectivity index (χ1) is 12.1. The molecule has 0 fully saturated rings. The number of hydrazone groups is 1. The standard InChI is InChI=1S/C13H4Cl3F5N4O/c14-3-10(22)4(15)12(16)24-11(3)13(26)25-23-1-2-5(17)7(19)9(21)8(20)6(2)18/h1H,(H2,22,24)(H,25,26)/b23-1-. The summed E-state index contributed by atoms with van der Waals surface area (Å²) in [6.45, 7) is 0. The second-order valence-corrected chi connectivity index (χ2v) is 5.59. The number of nitrogen functional groups attached to an aromatic ring is 1. The molecule has 1 aromatic heterocycles. The molecule has 26 heavy (non-hydrogen) atoms. The first-order valence-corrected chi connectivity index (χ1v) is 7.36. The zero-order chi connectivity index (χ0) is 19.8. The van der Waals surface area contributed by atoms with Crippen LogP contribution in [0.2, 0.25) is 15.2 Å². The number of benzene rings is 1. The molecule has 0 atom stereocenters. The summed E-state index contributed by atoms with van der Waals surface area (Å²) >= 11 is 17.1. The van der Waals surface area contributed by atoms with Gasteiger partial charge in [-0.3, -0.25) is 4.79 Å². The smallest absolute Gasteiger partial charge is 0.291 e. The minimum Gasteiger partial charge on any atom is -0.396 e. The molecule has 2 aromatic rings. The van der Waals surface area contributed by atoms with E-state index in [0.29, 0.717) is 0 Å². The maximum Gasteiger partial charge on any atom is 0.291 e. The van der Waals surface area contributed by atoms with Crippen molar-refractivity contribution in [1.29, 1.82) is 0 Å². The summed E-state index contributed by atoms with van der Waals surface area (Å²) in [5, 5.41) is 2.14. The van der Waals surface area contributed by atoms with Gasteiger partial charge in [0, 0.05) is 0 Å². The summed E-state index contributed by atoms with van der Waals surface area (Å²) in [6.07, 6.45) is 0.211. The van der Waals surface area contributed by atoms with Crippen LogP contribution >= 0.6 is 34.8 Å². The lowest BCUT2D eigenvalue weighted by molar-refractivity contribution is 0.0950. The molecule has 0 saturated carbocycles. The lowest BCUT2D eigenvalue weighted by Crippen LogP contribution is -2.20. The molecule has 13 heteroatoms. The Morgan fingerprint density at radius 3 is 2.00 bits per heavy atom. The molecular weight excluding hydrogens is 430 g/mol.